The van der Waals surface area contributed by atoms with E-state index in [0.717, 1.165) is 0 Å². The first-order valence-electron chi connectivity index (χ1n) is 4.72. The average molecular weight is 309 g/mol. The third-order valence-electron chi connectivity index (χ3n) is 0.891. The zero-order chi connectivity index (χ0) is 10.4. The summed E-state index contributed by atoms with van der Waals surface area (Å²) < 4.78 is 16.5. The smallest absolute Gasteiger partial charge is 0.309 e. The molecule has 0 aromatic heterocycles. The minimum absolute atomic E-state index is 0. The molecule has 0 bridgehead atoms. The zero-order valence-corrected chi connectivity index (χ0v) is 12.4. The molecule has 0 saturated heterocycles. The fourth-order valence-electron chi connectivity index (χ4n) is 0.591. The van der Waals surface area contributed by atoms with Crippen molar-refractivity contribution in [3.8, 4) is 0 Å². The maximum absolute atomic E-state index is 5.49. The first-order valence-corrected chi connectivity index (χ1v) is 5.81. The molecule has 0 atom stereocenters. The molecule has 0 aromatic carbocycles. The van der Waals surface area contributed by atoms with E-state index < -0.39 is 8.60 Å². The van der Waals surface area contributed by atoms with Gasteiger partial charge in [0.25, 0.3) is 0 Å². The van der Waals surface area contributed by atoms with E-state index in [1.165, 1.54) is 0 Å². The molecule has 0 spiro atoms. The topological polar surface area (TPSA) is 27.7 Å². The SMILES string of the molecule is CC(C)OP(OC(C)C)OC(C)C.[Ru+2]. The summed E-state index contributed by atoms with van der Waals surface area (Å²) in [6.07, 6.45) is 0.427. The summed E-state index contributed by atoms with van der Waals surface area (Å²) in [5.41, 5.74) is 0. The van der Waals surface area contributed by atoms with Crippen LogP contribution in [0.25, 0.3) is 0 Å². The van der Waals surface area contributed by atoms with Crippen molar-refractivity contribution in [3.63, 3.8) is 0 Å². The standard InChI is InChI=1S/C9H21O3P.Ru/c1-7(2)10-13(11-8(3)4)12-9(5)6;/h7-9H,1-6H3;/q;+2. The van der Waals surface area contributed by atoms with Gasteiger partial charge in [0.15, 0.2) is 0 Å². The maximum atomic E-state index is 5.49. The molecule has 0 amide bonds. The molecule has 0 aromatic rings. The van der Waals surface area contributed by atoms with E-state index in [4.69, 9.17) is 13.6 Å². The van der Waals surface area contributed by atoms with Crippen LogP contribution in [0.2, 0.25) is 0 Å². The Kier molecular flexibility index (Phi) is 11.4. The van der Waals surface area contributed by atoms with Gasteiger partial charge in [-0.15, -0.1) is 0 Å². The van der Waals surface area contributed by atoms with Gasteiger partial charge in [-0.25, -0.2) is 0 Å². The predicted octanol–water partition coefficient (Wildman–Crippen LogP) is 3.49. The minimum Gasteiger partial charge on any atom is -0.309 e. The molecule has 0 N–H and O–H groups in total. The molecule has 0 fully saturated rings. The van der Waals surface area contributed by atoms with Gasteiger partial charge in [-0.2, -0.15) is 0 Å². The van der Waals surface area contributed by atoms with Gasteiger partial charge < -0.3 is 13.6 Å². The summed E-state index contributed by atoms with van der Waals surface area (Å²) in [7, 11) is -1.18. The molecule has 0 heterocycles. The summed E-state index contributed by atoms with van der Waals surface area (Å²) in [6, 6.07) is 0. The molecule has 0 unspecified atom stereocenters. The van der Waals surface area contributed by atoms with Crippen LogP contribution in [0.15, 0.2) is 0 Å². The van der Waals surface area contributed by atoms with Gasteiger partial charge in [-0.05, 0) is 41.5 Å². The summed E-state index contributed by atoms with van der Waals surface area (Å²) in [5.74, 6) is 0. The van der Waals surface area contributed by atoms with Crippen LogP contribution in [-0.4, -0.2) is 18.3 Å². The monoisotopic (exact) mass is 310 g/mol. The molecule has 0 aliphatic heterocycles. The molecule has 0 radical (unpaired) electrons. The minimum atomic E-state index is -1.18. The third-order valence-corrected chi connectivity index (χ3v) is 2.67. The Labute approximate surface area is 102 Å². The van der Waals surface area contributed by atoms with Crippen molar-refractivity contribution >= 4 is 8.60 Å². The second-order valence-electron chi connectivity index (χ2n) is 3.69. The van der Waals surface area contributed by atoms with Gasteiger partial charge in [-0.3, -0.25) is 0 Å². The van der Waals surface area contributed by atoms with E-state index >= 15 is 0 Å². The summed E-state index contributed by atoms with van der Waals surface area (Å²) >= 11 is 0. The summed E-state index contributed by atoms with van der Waals surface area (Å²) in [6.45, 7) is 11.8. The molecule has 14 heavy (non-hydrogen) atoms. The van der Waals surface area contributed by atoms with Gasteiger partial charge in [0.1, 0.15) is 0 Å². The Morgan fingerprint density at radius 1 is 0.643 bits per heavy atom. The van der Waals surface area contributed by atoms with E-state index in [1.54, 1.807) is 0 Å². The molecular weight excluding hydrogens is 288 g/mol. The Morgan fingerprint density at radius 2 is 0.857 bits per heavy atom. The second-order valence-corrected chi connectivity index (χ2v) is 4.77. The van der Waals surface area contributed by atoms with Gasteiger partial charge in [0.2, 0.25) is 0 Å². The Hall–Kier alpha value is 0.933. The van der Waals surface area contributed by atoms with Gasteiger partial charge in [0, 0.05) is 0 Å². The van der Waals surface area contributed by atoms with Crippen LogP contribution in [0.3, 0.4) is 0 Å². The number of hydrogen-bond donors (Lipinski definition) is 0. The first kappa shape index (κ1) is 17.3. The molecule has 0 aliphatic rings. The largest absolute Gasteiger partial charge is 2.00 e. The van der Waals surface area contributed by atoms with E-state index in [-0.39, 0.29) is 37.8 Å². The van der Waals surface area contributed by atoms with Crippen molar-refractivity contribution in [1.29, 1.82) is 0 Å². The van der Waals surface area contributed by atoms with Gasteiger partial charge in [0.05, 0.1) is 18.3 Å². The van der Waals surface area contributed by atoms with E-state index in [1.807, 2.05) is 41.5 Å². The first-order chi connectivity index (χ1) is 5.91. The Bertz CT molecular complexity index is 107. The van der Waals surface area contributed by atoms with Crippen LogP contribution in [0.5, 0.6) is 0 Å². The van der Waals surface area contributed by atoms with Crippen LogP contribution in [0, 0.1) is 0 Å². The van der Waals surface area contributed by atoms with Crippen molar-refractivity contribution in [2.24, 2.45) is 0 Å². The third kappa shape index (κ3) is 11.0. The molecule has 0 aliphatic carbocycles. The summed E-state index contributed by atoms with van der Waals surface area (Å²) in [4.78, 5) is 0. The zero-order valence-electron chi connectivity index (χ0n) is 9.76. The molecular formula is C9H21O3PRu+2. The van der Waals surface area contributed by atoms with Crippen LogP contribution < -0.4 is 0 Å². The second kappa shape index (κ2) is 9.18. The van der Waals surface area contributed by atoms with E-state index in [9.17, 15) is 0 Å². The normalized spacial score (nSPS) is 11.6. The Balaban J connectivity index is 0. The van der Waals surface area contributed by atoms with Crippen molar-refractivity contribution in [1.82, 2.24) is 0 Å². The number of hydrogen-bond acceptors (Lipinski definition) is 3. The quantitative estimate of drug-likeness (QED) is 0.555. The van der Waals surface area contributed by atoms with Crippen molar-refractivity contribution in [2.75, 3.05) is 0 Å². The summed E-state index contributed by atoms with van der Waals surface area (Å²) in [5, 5.41) is 0. The molecule has 0 saturated carbocycles. The van der Waals surface area contributed by atoms with Crippen molar-refractivity contribution < 1.29 is 33.0 Å². The molecule has 5 heteroatoms. The van der Waals surface area contributed by atoms with Crippen LogP contribution in [0.4, 0.5) is 0 Å². The van der Waals surface area contributed by atoms with Gasteiger partial charge in [-0.1, -0.05) is 0 Å². The maximum Gasteiger partial charge on any atom is 2.00 e. The van der Waals surface area contributed by atoms with Crippen molar-refractivity contribution in [3.05, 3.63) is 0 Å². The van der Waals surface area contributed by atoms with Crippen LogP contribution in [-0.2, 0) is 33.0 Å². The van der Waals surface area contributed by atoms with Crippen LogP contribution >= 0.6 is 8.60 Å². The average Bonchev–Trinajstić information content (AvgIpc) is 1.80. The van der Waals surface area contributed by atoms with Crippen molar-refractivity contribution in [2.45, 2.75) is 59.9 Å². The van der Waals surface area contributed by atoms with E-state index in [0.29, 0.717) is 0 Å². The predicted molar refractivity (Wildman–Crippen MR) is 55.6 cm³/mol. The fraction of sp³-hybridized carbons (Fsp3) is 1.00. The Morgan fingerprint density at radius 3 is 1.00 bits per heavy atom. The molecule has 86 valence electrons. The number of rotatable bonds is 6. The van der Waals surface area contributed by atoms with Gasteiger partial charge >= 0.3 is 28.1 Å². The fourth-order valence-corrected chi connectivity index (χ4v) is 1.77. The molecule has 0 rings (SSSR count). The van der Waals surface area contributed by atoms with E-state index in [2.05, 4.69) is 0 Å². The molecule has 3 nitrogen and oxygen atoms in total. The van der Waals surface area contributed by atoms with Crippen LogP contribution in [0.1, 0.15) is 41.5 Å².